The van der Waals surface area contributed by atoms with Crippen molar-refractivity contribution in [3.8, 4) is 22.8 Å². The molecule has 1 amide bonds. The van der Waals surface area contributed by atoms with Crippen LogP contribution in [0.3, 0.4) is 0 Å². The predicted molar refractivity (Wildman–Crippen MR) is 118 cm³/mol. The zero-order valence-corrected chi connectivity index (χ0v) is 18.0. The molecule has 3 aromatic rings. The van der Waals surface area contributed by atoms with Gasteiger partial charge in [-0.1, -0.05) is 0 Å². The van der Waals surface area contributed by atoms with Crippen molar-refractivity contribution in [2.45, 2.75) is 13.5 Å². The van der Waals surface area contributed by atoms with E-state index < -0.39 is 17.4 Å². The summed E-state index contributed by atoms with van der Waals surface area (Å²) in [7, 11) is 3.07. The molecule has 32 heavy (non-hydrogen) atoms. The maximum absolute atomic E-state index is 12.5. The molecule has 1 heterocycles. The first-order valence-electron chi connectivity index (χ1n) is 9.82. The van der Waals surface area contributed by atoms with E-state index in [-0.39, 0.29) is 13.2 Å². The van der Waals surface area contributed by atoms with Gasteiger partial charge >= 0.3 is 5.97 Å². The van der Waals surface area contributed by atoms with Crippen LogP contribution < -0.4 is 20.3 Å². The van der Waals surface area contributed by atoms with Gasteiger partial charge in [0, 0.05) is 17.3 Å². The van der Waals surface area contributed by atoms with E-state index in [1.165, 1.54) is 13.2 Å². The van der Waals surface area contributed by atoms with E-state index in [0.717, 1.165) is 4.68 Å². The molecule has 9 nitrogen and oxygen atoms in total. The van der Waals surface area contributed by atoms with Crippen LogP contribution in [0.2, 0.25) is 0 Å². The van der Waals surface area contributed by atoms with Gasteiger partial charge in [-0.05, 0) is 55.5 Å². The van der Waals surface area contributed by atoms with Gasteiger partial charge in [-0.3, -0.25) is 9.59 Å². The normalized spacial score (nSPS) is 10.3. The molecule has 0 aliphatic rings. The Hall–Kier alpha value is -4.14. The third-order valence-electron chi connectivity index (χ3n) is 4.52. The van der Waals surface area contributed by atoms with Crippen molar-refractivity contribution in [2.24, 2.45) is 0 Å². The molecular formula is C23H23N3O6. The molecule has 3 rings (SSSR count). The van der Waals surface area contributed by atoms with Crippen molar-refractivity contribution < 1.29 is 23.8 Å². The standard InChI is InChI=1S/C23H23N3O6/c1-4-32-23(29)15-5-7-16(8-6-15)24-21(27)14-26-22(28)12-10-19(25-26)18-13-17(30-2)9-11-20(18)31-3/h5-13H,4,14H2,1-3H3,(H,24,27). The van der Waals surface area contributed by atoms with Crippen LogP contribution in [-0.2, 0) is 16.1 Å². The van der Waals surface area contributed by atoms with Crippen LogP contribution >= 0.6 is 0 Å². The van der Waals surface area contributed by atoms with E-state index in [0.29, 0.717) is 34.0 Å². The number of methoxy groups -OCH3 is 2. The number of rotatable bonds is 8. The summed E-state index contributed by atoms with van der Waals surface area (Å²) in [5.41, 5.74) is 1.50. The largest absolute Gasteiger partial charge is 0.497 e. The van der Waals surface area contributed by atoms with Crippen LogP contribution in [0.1, 0.15) is 17.3 Å². The molecule has 9 heteroatoms. The van der Waals surface area contributed by atoms with Gasteiger partial charge in [-0.25, -0.2) is 9.48 Å². The summed E-state index contributed by atoms with van der Waals surface area (Å²) in [6.45, 7) is 1.71. The second kappa shape index (κ2) is 10.3. The van der Waals surface area contributed by atoms with E-state index in [9.17, 15) is 14.4 Å². The topological polar surface area (TPSA) is 109 Å². The molecule has 2 aromatic carbocycles. The molecule has 0 fully saturated rings. The minimum atomic E-state index is -0.446. The van der Waals surface area contributed by atoms with Crippen molar-refractivity contribution in [3.63, 3.8) is 0 Å². The Kier molecular flexibility index (Phi) is 7.22. The molecule has 0 saturated carbocycles. The molecule has 166 valence electrons. The quantitative estimate of drug-likeness (QED) is 0.540. The number of amides is 1. The van der Waals surface area contributed by atoms with Crippen LogP contribution in [0.15, 0.2) is 59.4 Å². The van der Waals surface area contributed by atoms with E-state index in [4.69, 9.17) is 14.2 Å². The monoisotopic (exact) mass is 437 g/mol. The summed E-state index contributed by atoms with van der Waals surface area (Å²) in [5, 5.41) is 6.99. The first-order chi connectivity index (χ1) is 15.4. The highest BCUT2D eigenvalue weighted by Crippen LogP contribution is 2.31. The van der Waals surface area contributed by atoms with Crippen LogP contribution in [0.25, 0.3) is 11.3 Å². The van der Waals surface area contributed by atoms with Crippen LogP contribution in [0.4, 0.5) is 5.69 Å². The molecule has 0 aliphatic carbocycles. The summed E-state index contributed by atoms with van der Waals surface area (Å²) in [4.78, 5) is 36.5. The van der Waals surface area contributed by atoms with Crippen LogP contribution in [0, 0.1) is 0 Å². The smallest absolute Gasteiger partial charge is 0.338 e. The van der Waals surface area contributed by atoms with Crippen molar-refractivity contribution in [3.05, 3.63) is 70.5 Å². The summed E-state index contributed by atoms with van der Waals surface area (Å²) in [5.74, 6) is 0.267. The Balaban J connectivity index is 1.78. The number of esters is 1. The molecular weight excluding hydrogens is 414 g/mol. The van der Waals surface area contributed by atoms with Gasteiger partial charge in [0.15, 0.2) is 0 Å². The molecule has 1 N–H and O–H groups in total. The van der Waals surface area contributed by atoms with E-state index in [1.807, 2.05) is 0 Å². The fourth-order valence-corrected chi connectivity index (χ4v) is 2.96. The number of nitrogens with one attached hydrogen (secondary N) is 1. The van der Waals surface area contributed by atoms with Gasteiger partial charge in [-0.15, -0.1) is 0 Å². The molecule has 0 bridgehead atoms. The Morgan fingerprint density at radius 1 is 1.00 bits per heavy atom. The van der Waals surface area contributed by atoms with Gasteiger partial charge in [-0.2, -0.15) is 5.10 Å². The van der Waals surface area contributed by atoms with Crippen molar-refractivity contribution in [1.29, 1.82) is 0 Å². The summed E-state index contributed by atoms with van der Waals surface area (Å²) < 4.78 is 16.6. The maximum Gasteiger partial charge on any atom is 0.338 e. The fourth-order valence-electron chi connectivity index (χ4n) is 2.96. The average Bonchev–Trinajstić information content (AvgIpc) is 2.80. The minimum Gasteiger partial charge on any atom is -0.497 e. The Labute approximate surface area is 184 Å². The SMILES string of the molecule is CCOC(=O)c1ccc(NC(=O)Cn2nc(-c3cc(OC)ccc3OC)ccc2=O)cc1. The minimum absolute atomic E-state index is 0.278. The lowest BCUT2D eigenvalue weighted by Crippen LogP contribution is -2.29. The molecule has 0 atom stereocenters. The van der Waals surface area contributed by atoms with Crippen molar-refractivity contribution >= 4 is 17.6 Å². The molecule has 1 aromatic heterocycles. The number of nitrogens with zero attached hydrogens (tertiary/aromatic N) is 2. The van der Waals surface area contributed by atoms with Crippen molar-refractivity contribution in [2.75, 3.05) is 26.1 Å². The number of carbonyl (C=O) groups is 2. The van der Waals surface area contributed by atoms with Crippen LogP contribution in [0.5, 0.6) is 11.5 Å². The Morgan fingerprint density at radius 3 is 2.41 bits per heavy atom. The summed E-state index contributed by atoms with van der Waals surface area (Å²) in [6.07, 6.45) is 0. The van der Waals surface area contributed by atoms with Crippen molar-refractivity contribution in [1.82, 2.24) is 9.78 Å². The number of ether oxygens (including phenoxy) is 3. The zero-order valence-electron chi connectivity index (χ0n) is 18.0. The van der Waals surface area contributed by atoms with E-state index in [2.05, 4.69) is 10.4 Å². The predicted octanol–water partition coefficient (Wildman–Crippen LogP) is 2.74. The highest BCUT2D eigenvalue weighted by molar-refractivity contribution is 5.93. The molecule has 0 radical (unpaired) electrons. The first-order valence-corrected chi connectivity index (χ1v) is 9.82. The summed E-state index contributed by atoms with van der Waals surface area (Å²) >= 11 is 0. The van der Waals surface area contributed by atoms with E-state index >= 15 is 0 Å². The Bertz CT molecular complexity index is 1170. The summed E-state index contributed by atoms with van der Waals surface area (Å²) in [6, 6.07) is 14.4. The zero-order chi connectivity index (χ0) is 23.1. The van der Waals surface area contributed by atoms with E-state index in [1.54, 1.807) is 62.6 Å². The number of aromatic nitrogens is 2. The second-order valence-corrected chi connectivity index (χ2v) is 6.63. The lowest BCUT2D eigenvalue weighted by Gasteiger charge is -2.12. The Morgan fingerprint density at radius 2 is 1.75 bits per heavy atom. The number of carbonyl (C=O) groups excluding carboxylic acids is 2. The number of hydrogen-bond acceptors (Lipinski definition) is 7. The molecule has 0 aliphatic heterocycles. The van der Waals surface area contributed by atoms with Gasteiger partial charge < -0.3 is 19.5 Å². The molecule has 0 unspecified atom stereocenters. The molecule has 0 spiro atoms. The van der Waals surface area contributed by atoms with Gasteiger partial charge in [0.25, 0.3) is 5.56 Å². The fraction of sp³-hybridized carbons (Fsp3) is 0.217. The first kappa shape index (κ1) is 22.5. The van der Waals surface area contributed by atoms with Gasteiger partial charge in [0.05, 0.1) is 32.1 Å². The third kappa shape index (κ3) is 5.31. The highest BCUT2D eigenvalue weighted by Gasteiger charge is 2.13. The third-order valence-corrected chi connectivity index (χ3v) is 4.52. The average molecular weight is 437 g/mol. The number of anilines is 1. The number of hydrogen-bond donors (Lipinski definition) is 1. The number of benzene rings is 2. The maximum atomic E-state index is 12.5. The van der Waals surface area contributed by atoms with Gasteiger partial charge in [0.1, 0.15) is 18.0 Å². The second-order valence-electron chi connectivity index (χ2n) is 6.63. The van der Waals surface area contributed by atoms with Gasteiger partial charge in [0.2, 0.25) is 5.91 Å². The lowest BCUT2D eigenvalue weighted by atomic mass is 10.1. The highest BCUT2D eigenvalue weighted by atomic mass is 16.5. The lowest BCUT2D eigenvalue weighted by molar-refractivity contribution is -0.117. The molecule has 0 saturated heterocycles. The van der Waals surface area contributed by atoms with Crippen LogP contribution in [-0.4, -0.2) is 42.5 Å².